The summed E-state index contributed by atoms with van der Waals surface area (Å²) in [5.41, 5.74) is 6.27. The molecule has 3 heteroatoms. The standard InChI is InChI=1S/C15H28N2O/c1-6-11(3)10-17(5)15(13(16)7-2)14-9-8-12(4)18-14/h8-9,11,13,15H,6-7,10,16H2,1-5H3. The third-order valence-corrected chi connectivity index (χ3v) is 3.70. The van der Waals surface area contributed by atoms with Gasteiger partial charge in [-0.05, 0) is 38.4 Å². The molecule has 18 heavy (non-hydrogen) atoms. The Labute approximate surface area is 111 Å². The van der Waals surface area contributed by atoms with E-state index in [2.05, 4.69) is 38.8 Å². The number of nitrogens with zero attached hydrogens (tertiary/aromatic N) is 1. The molecule has 3 unspecified atom stereocenters. The third-order valence-electron chi connectivity index (χ3n) is 3.70. The first kappa shape index (κ1) is 15.3. The van der Waals surface area contributed by atoms with Crippen molar-refractivity contribution in [2.75, 3.05) is 13.6 Å². The van der Waals surface area contributed by atoms with Crippen LogP contribution in [0.3, 0.4) is 0 Å². The molecule has 1 aromatic rings. The van der Waals surface area contributed by atoms with Crippen LogP contribution in [-0.4, -0.2) is 24.5 Å². The van der Waals surface area contributed by atoms with Crippen LogP contribution in [0.4, 0.5) is 0 Å². The molecule has 0 saturated heterocycles. The number of aryl methyl sites for hydroxylation is 1. The van der Waals surface area contributed by atoms with Gasteiger partial charge in [-0.15, -0.1) is 0 Å². The lowest BCUT2D eigenvalue weighted by atomic mass is 10.0. The van der Waals surface area contributed by atoms with Crippen molar-refractivity contribution in [1.29, 1.82) is 0 Å². The molecular formula is C15H28N2O. The number of furan rings is 1. The summed E-state index contributed by atoms with van der Waals surface area (Å²) in [4.78, 5) is 2.33. The molecule has 3 atom stereocenters. The minimum Gasteiger partial charge on any atom is -0.465 e. The fourth-order valence-electron chi connectivity index (χ4n) is 2.32. The van der Waals surface area contributed by atoms with E-state index < -0.39 is 0 Å². The van der Waals surface area contributed by atoms with Crippen molar-refractivity contribution in [3.63, 3.8) is 0 Å². The Hall–Kier alpha value is -0.800. The zero-order valence-electron chi connectivity index (χ0n) is 12.4. The zero-order chi connectivity index (χ0) is 13.7. The Kier molecular flexibility index (Phi) is 5.89. The minimum atomic E-state index is 0.115. The molecule has 1 rings (SSSR count). The van der Waals surface area contributed by atoms with Crippen LogP contribution in [0.15, 0.2) is 16.5 Å². The van der Waals surface area contributed by atoms with Crippen molar-refractivity contribution in [3.05, 3.63) is 23.7 Å². The second-order valence-corrected chi connectivity index (χ2v) is 5.42. The van der Waals surface area contributed by atoms with Crippen LogP contribution >= 0.6 is 0 Å². The summed E-state index contributed by atoms with van der Waals surface area (Å²) in [7, 11) is 2.14. The lowest BCUT2D eigenvalue weighted by molar-refractivity contribution is 0.160. The molecule has 104 valence electrons. The Morgan fingerprint density at radius 2 is 1.94 bits per heavy atom. The predicted octanol–water partition coefficient (Wildman–Crippen LogP) is 3.34. The molecule has 0 aliphatic carbocycles. The molecule has 0 aliphatic rings. The largest absolute Gasteiger partial charge is 0.465 e. The van der Waals surface area contributed by atoms with Crippen LogP contribution in [-0.2, 0) is 0 Å². The van der Waals surface area contributed by atoms with Gasteiger partial charge in [0.25, 0.3) is 0 Å². The Morgan fingerprint density at radius 3 is 2.39 bits per heavy atom. The van der Waals surface area contributed by atoms with Gasteiger partial charge in [0.05, 0.1) is 6.04 Å². The Balaban J connectivity index is 2.84. The monoisotopic (exact) mass is 252 g/mol. The van der Waals surface area contributed by atoms with Crippen molar-refractivity contribution in [2.45, 2.75) is 52.6 Å². The number of hydrogen-bond acceptors (Lipinski definition) is 3. The quantitative estimate of drug-likeness (QED) is 0.809. The van der Waals surface area contributed by atoms with Gasteiger partial charge in [-0.2, -0.15) is 0 Å². The van der Waals surface area contributed by atoms with Crippen molar-refractivity contribution < 1.29 is 4.42 Å². The van der Waals surface area contributed by atoms with Gasteiger partial charge in [0.15, 0.2) is 0 Å². The summed E-state index contributed by atoms with van der Waals surface area (Å²) in [6, 6.07) is 4.37. The van der Waals surface area contributed by atoms with Crippen LogP contribution in [0.1, 0.15) is 51.2 Å². The van der Waals surface area contributed by atoms with E-state index in [4.69, 9.17) is 10.2 Å². The molecule has 2 N–H and O–H groups in total. The summed E-state index contributed by atoms with van der Waals surface area (Å²) < 4.78 is 5.78. The first-order valence-electron chi connectivity index (χ1n) is 7.01. The maximum Gasteiger partial charge on any atom is 0.122 e. The molecular weight excluding hydrogens is 224 g/mol. The van der Waals surface area contributed by atoms with Crippen molar-refractivity contribution >= 4 is 0 Å². The smallest absolute Gasteiger partial charge is 0.122 e. The van der Waals surface area contributed by atoms with Crippen LogP contribution in [0.25, 0.3) is 0 Å². The highest BCUT2D eigenvalue weighted by molar-refractivity contribution is 5.12. The normalized spacial score (nSPS) is 16.8. The summed E-state index contributed by atoms with van der Waals surface area (Å²) in [5, 5.41) is 0. The summed E-state index contributed by atoms with van der Waals surface area (Å²) >= 11 is 0. The van der Waals surface area contributed by atoms with Gasteiger partial charge in [0, 0.05) is 12.6 Å². The molecule has 0 aliphatic heterocycles. The van der Waals surface area contributed by atoms with E-state index in [0.717, 1.165) is 24.5 Å². The van der Waals surface area contributed by atoms with E-state index >= 15 is 0 Å². The van der Waals surface area contributed by atoms with E-state index in [1.165, 1.54) is 6.42 Å². The van der Waals surface area contributed by atoms with Crippen LogP contribution in [0.2, 0.25) is 0 Å². The van der Waals surface area contributed by atoms with Crippen LogP contribution in [0, 0.1) is 12.8 Å². The van der Waals surface area contributed by atoms with E-state index in [0.29, 0.717) is 5.92 Å². The number of rotatable bonds is 7. The zero-order valence-corrected chi connectivity index (χ0v) is 12.4. The maximum absolute atomic E-state index is 6.27. The molecule has 0 aromatic carbocycles. The average molecular weight is 252 g/mol. The van der Waals surface area contributed by atoms with Gasteiger partial charge < -0.3 is 10.2 Å². The number of nitrogens with two attached hydrogens (primary N) is 1. The van der Waals surface area contributed by atoms with Gasteiger partial charge in [0.1, 0.15) is 11.5 Å². The van der Waals surface area contributed by atoms with E-state index in [9.17, 15) is 0 Å². The highest BCUT2D eigenvalue weighted by atomic mass is 16.3. The first-order chi connectivity index (χ1) is 8.49. The molecule has 0 fully saturated rings. The van der Waals surface area contributed by atoms with Crippen molar-refractivity contribution in [1.82, 2.24) is 4.90 Å². The molecule has 0 spiro atoms. The molecule has 0 radical (unpaired) electrons. The fraction of sp³-hybridized carbons (Fsp3) is 0.733. The van der Waals surface area contributed by atoms with Gasteiger partial charge in [0.2, 0.25) is 0 Å². The molecule has 0 saturated carbocycles. The summed E-state index contributed by atoms with van der Waals surface area (Å²) in [5.74, 6) is 2.63. The number of hydrogen-bond donors (Lipinski definition) is 1. The molecule has 0 bridgehead atoms. The van der Waals surface area contributed by atoms with Crippen LogP contribution in [0.5, 0.6) is 0 Å². The average Bonchev–Trinajstić information content (AvgIpc) is 2.75. The third kappa shape index (κ3) is 3.85. The van der Waals surface area contributed by atoms with E-state index in [1.807, 2.05) is 13.0 Å². The van der Waals surface area contributed by atoms with E-state index in [-0.39, 0.29) is 12.1 Å². The summed E-state index contributed by atoms with van der Waals surface area (Å²) in [6.07, 6.45) is 2.14. The predicted molar refractivity (Wildman–Crippen MR) is 76.5 cm³/mol. The van der Waals surface area contributed by atoms with Gasteiger partial charge >= 0.3 is 0 Å². The van der Waals surface area contributed by atoms with Gasteiger partial charge in [-0.25, -0.2) is 0 Å². The lowest BCUT2D eigenvalue weighted by Gasteiger charge is -2.32. The minimum absolute atomic E-state index is 0.115. The fourth-order valence-corrected chi connectivity index (χ4v) is 2.32. The lowest BCUT2D eigenvalue weighted by Crippen LogP contribution is -2.40. The number of likely N-dealkylation sites (N-methyl/N-ethyl adjacent to an activating group) is 1. The molecule has 3 nitrogen and oxygen atoms in total. The Morgan fingerprint density at radius 1 is 1.28 bits per heavy atom. The van der Waals surface area contributed by atoms with E-state index in [1.54, 1.807) is 0 Å². The SMILES string of the molecule is CCC(C)CN(C)C(c1ccc(C)o1)C(N)CC. The van der Waals surface area contributed by atoms with Gasteiger partial charge in [-0.1, -0.05) is 27.2 Å². The Bertz CT molecular complexity index is 348. The highest BCUT2D eigenvalue weighted by Crippen LogP contribution is 2.26. The molecule has 0 amide bonds. The topological polar surface area (TPSA) is 42.4 Å². The highest BCUT2D eigenvalue weighted by Gasteiger charge is 2.26. The van der Waals surface area contributed by atoms with Gasteiger partial charge in [-0.3, -0.25) is 4.90 Å². The second kappa shape index (κ2) is 6.95. The molecule has 1 aromatic heterocycles. The van der Waals surface area contributed by atoms with Crippen molar-refractivity contribution in [2.24, 2.45) is 11.7 Å². The summed E-state index contributed by atoms with van der Waals surface area (Å²) in [6.45, 7) is 9.66. The first-order valence-corrected chi connectivity index (χ1v) is 7.01. The second-order valence-electron chi connectivity index (χ2n) is 5.42. The van der Waals surface area contributed by atoms with Crippen LogP contribution < -0.4 is 5.73 Å². The maximum atomic E-state index is 6.27. The molecule has 1 heterocycles. The van der Waals surface area contributed by atoms with Crippen molar-refractivity contribution in [3.8, 4) is 0 Å².